The first-order chi connectivity index (χ1) is 52.9. The van der Waals surface area contributed by atoms with Crippen LogP contribution in [0, 0.1) is 94.7 Å². The molecule has 0 fully saturated rings. The smallest absolute Gasteiger partial charge is 0.0671 e. The normalized spacial score (nSPS) is 11.0. The van der Waals surface area contributed by atoms with E-state index < -0.39 is 0 Å². The van der Waals surface area contributed by atoms with Crippen molar-refractivity contribution in [2.75, 3.05) is 0 Å². The average Bonchev–Trinajstić information content (AvgIpc) is 0.791. The minimum Gasteiger partial charge on any atom is -0.251 e. The van der Waals surface area contributed by atoms with E-state index in [1.807, 2.05) is 0 Å². The Hall–Kier alpha value is -5.74. The zero-order valence-corrected chi connectivity index (χ0v) is 72.0. The molecule has 0 spiro atoms. The van der Waals surface area contributed by atoms with Gasteiger partial charge in [-0.2, -0.15) is 0 Å². The fourth-order valence-corrected chi connectivity index (χ4v) is 14.2. The molecule has 2 aromatic carbocycles. The van der Waals surface area contributed by atoms with Crippen LogP contribution in [0.25, 0.3) is 0 Å². The molecule has 0 saturated carbocycles. The predicted molar refractivity (Wildman–Crippen MR) is 479 cm³/mol. The van der Waals surface area contributed by atoms with Gasteiger partial charge in [-0.15, -0.1) is 94.7 Å². The second kappa shape index (κ2) is 74.4. The Labute approximate surface area is 666 Å². The molecule has 0 aliphatic carbocycles. The van der Waals surface area contributed by atoms with Gasteiger partial charge >= 0.3 is 0 Å². The van der Waals surface area contributed by atoms with E-state index in [1.165, 1.54) is 225 Å². The van der Waals surface area contributed by atoms with Crippen molar-refractivity contribution in [2.24, 2.45) is 9.98 Å². The lowest BCUT2D eigenvalue weighted by Gasteiger charge is -2.23. The van der Waals surface area contributed by atoms with Gasteiger partial charge in [0.2, 0.25) is 0 Å². The molecular weight excluding hydrogens is 1290 g/mol. The second-order valence-corrected chi connectivity index (χ2v) is 30.7. The van der Waals surface area contributed by atoms with Gasteiger partial charge in [0, 0.05) is 103 Å². The Morgan fingerprint density at radius 2 is 0.364 bits per heavy atom. The van der Waals surface area contributed by atoms with Gasteiger partial charge in [-0.3, -0.25) is 9.98 Å². The molecule has 592 valence electrons. The summed E-state index contributed by atoms with van der Waals surface area (Å²) < 4.78 is 0. The Kier molecular flexibility index (Phi) is 67.6. The largest absolute Gasteiger partial charge is 0.251 e. The minimum absolute atomic E-state index is 0.907. The summed E-state index contributed by atoms with van der Waals surface area (Å²) in [5, 5.41) is 0. The van der Waals surface area contributed by atoms with Crippen molar-refractivity contribution in [1.29, 1.82) is 0 Å². The van der Waals surface area contributed by atoms with Crippen LogP contribution >= 0.6 is 0 Å². The predicted octanol–water partition coefficient (Wildman–Crippen LogP) is 31.3. The maximum absolute atomic E-state index is 6.35. The van der Waals surface area contributed by atoms with Gasteiger partial charge in [-0.25, -0.2) is 0 Å². The Morgan fingerprint density at radius 3 is 0.598 bits per heavy atom. The standard InChI is InChI=1S/C105H162N2/c1-11-21-31-40-48-56-64-73-82-94-92-104(100(88-79-70-62-54-46-37-27-17-7)98(86-77-68-60-52-44-35-25-15-5)96(94)84-75-66-58-50-42-33-23-13-3)106-102(90-72-30-20-10)103(91-81-39-29-19-9)107-105-93-95(83-74-65-57-49-41-32-22-12-2)97(85-76-67-59-51-43-34-24-14-4)99(87-78-69-61-53-45-36-26-16-6)101(105)89-80-71-63-55-47-38-28-18-8/h92-93H,11-47,64-91H2,1-10H3. The third-order valence-corrected chi connectivity index (χ3v) is 20.7. The number of hydrogen-bond donors (Lipinski definition) is 0. The van der Waals surface area contributed by atoms with Gasteiger partial charge in [0.25, 0.3) is 0 Å². The van der Waals surface area contributed by atoms with E-state index in [0.29, 0.717) is 0 Å². The van der Waals surface area contributed by atoms with Crippen molar-refractivity contribution in [3.63, 3.8) is 0 Å². The quantitative estimate of drug-likeness (QED) is 0.0358. The van der Waals surface area contributed by atoms with E-state index in [1.54, 1.807) is 22.3 Å². The maximum Gasteiger partial charge on any atom is 0.0671 e. The monoisotopic (exact) mass is 1450 g/mol. The zero-order valence-electron chi connectivity index (χ0n) is 72.0. The molecule has 2 aromatic rings. The number of rotatable bonds is 60. The third-order valence-electron chi connectivity index (χ3n) is 20.7. The Balaban J connectivity index is 3.53. The Bertz CT molecular complexity index is 3170. The molecule has 0 saturated heterocycles. The molecule has 0 heterocycles. The first-order valence-corrected chi connectivity index (χ1v) is 46.1. The molecule has 0 aliphatic heterocycles. The van der Waals surface area contributed by atoms with Gasteiger partial charge in [0.15, 0.2) is 0 Å². The fourth-order valence-electron chi connectivity index (χ4n) is 14.2. The molecule has 0 aliphatic rings. The van der Waals surface area contributed by atoms with Crippen molar-refractivity contribution < 1.29 is 0 Å². The average molecular weight is 1450 g/mol. The molecule has 0 bridgehead atoms. The van der Waals surface area contributed by atoms with Crippen LogP contribution in [0.5, 0.6) is 0 Å². The van der Waals surface area contributed by atoms with Crippen molar-refractivity contribution in [3.05, 3.63) is 56.6 Å². The molecular formula is C105H162N2. The molecule has 0 N–H and O–H groups in total. The number of aliphatic imine (C=N–C) groups is 2. The zero-order chi connectivity index (χ0) is 77.0. The molecule has 0 radical (unpaired) electrons. The van der Waals surface area contributed by atoms with Gasteiger partial charge in [0.1, 0.15) is 0 Å². The van der Waals surface area contributed by atoms with Gasteiger partial charge in [-0.05, 0) is 236 Å². The molecule has 0 amide bonds. The van der Waals surface area contributed by atoms with Crippen molar-refractivity contribution in [1.82, 2.24) is 0 Å². The fraction of sp³-hybridized carbons (Fsp3) is 0.714. The van der Waals surface area contributed by atoms with Crippen molar-refractivity contribution in [3.8, 4) is 94.7 Å². The van der Waals surface area contributed by atoms with Crippen LogP contribution in [-0.4, -0.2) is 11.4 Å². The summed E-state index contributed by atoms with van der Waals surface area (Å²) in [7, 11) is 0. The molecule has 2 rings (SSSR count). The van der Waals surface area contributed by atoms with E-state index in [2.05, 4.69) is 176 Å². The number of nitrogens with zero attached hydrogens (tertiary/aromatic N) is 2. The molecule has 0 atom stereocenters. The summed E-state index contributed by atoms with van der Waals surface area (Å²) in [4.78, 5) is 12.7. The summed E-state index contributed by atoms with van der Waals surface area (Å²) in [6.07, 6.45) is 71.3. The number of aryl methyl sites for hydroxylation is 2. The summed E-state index contributed by atoms with van der Waals surface area (Å²) in [5.41, 5.74) is 17.0. The minimum atomic E-state index is 0.907. The van der Waals surface area contributed by atoms with Crippen LogP contribution < -0.4 is 0 Å². The highest BCUT2D eigenvalue weighted by atomic mass is 14.8. The van der Waals surface area contributed by atoms with Crippen molar-refractivity contribution in [2.45, 2.75) is 487 Å². The highest BCUT2D eigenvalue weighted by Crippen LogP contribution is 2.38. The second-order valence-electron chi connectivity index (χ2n) is 30.7. The van der Waals surface area contributed by atoms with Crippen LogP contribution in [0.15, 0.2) is 22.1 Å². The maximum atomic E-state index is 6.35. The van der Waals surface area contributed by atoms with Crippen LogP contribution in [0.4, 0.5) is 11.4 Å². The molecule has 0 unspecified atom stereocenters. The molecule has 2 nitrogen and oxygen atoms in total. The van der Waals surface area contributed by atoms with E-state index in [-0.39, 0.29) is 0 Å². The lowest BCUT2D eigenvalue weighted by Crippen LogP contribution is -2.16. The van der Waals surface area contributed by atoms with E-state index in [0.717, 1.165) is 238 Å². The summed E-state index contributed by atoms with van der Waals surface area (Å²) >= 11 is 0. The SMILES string of the molecule is CCCCCC#CCCCc1cc(N=C(CCCCC)C(CCCCCC)=Nc2cc(CCCC#CCCCCC)c(CCCC#CCCCCC)c(CCCC#CCCCCC)c2CCCC#CCCCCC)c(CCCC#CCCCCC)c(CCCC#CCCCCC)c1CCCC#CCCCCC. The number of unbranched alkanes of at least 4 members (excludes halogenated alkanes) is 37. The molecule has 0 aromatic heterocycles. The summed E-state index contributed by atoms with van der Waals surface area (Å²) in [6.45, 7) is 23.1. The van der Waals surface area contributed by atoms with Crippen molar-refractivity contribution >= 4 is 22.8 Å². The molecule has 107 heavy (non-hydrogen) atoms. The number of benzene rings is 2. The number of hydrogen-bond acceptors (Lipinski definition) is 2. The van der Waals surface area contributed by atoms with E-state index >= 15 is 0 Å². The molecule has 2 heteroatoms. The van der Waals surface area contributed by atoms with Crippen LogP contribution in [0.2, 0.25) is 0 Å². The first kappa shape index (κ1) is 97.3. The van der Waals surface area contributed by atoms with Gasteiger partial charge < -0.3 is 0 Å². The topological polar surface area (TPSA) is 24.7 Å². The van der Waals surface area contributed by atoms with Crippen LogP contribution in [-0.2, 0) is 51.4 Å². The van der Waals surface area contributed by atoms with Crippen LogP contribution in [0.3, 0.4) is 0 Å². The van der Waals surface area contributed by atoms with Crippen LogP contribution in [0.1, 0.15) is 480 Å². The lowest BCUT2D eigenvalue weighted by atomic mass is 9.84. The van der Waals surface area contributed by atoms with E-state index in [9.17, 15) is 0 Å². The van der Waals surface area contributed by atoms with Gasteiger partial charge in [0.05, 0.1) is 22.8 Å². The van der Waals surface area contributed by atoms with E-state index in [4.69, 9.17) is 9.98 Å². The summed E-state index contributed by atoms with van der Waals surface area (Å²) in [5.74, 6) is 58.2. The summed E-state index contributed by atoms with van der Waals surface area (Å²) in [6, 6.07) is 5.24. The third kappa shape index (κ3) is 51.4. The highest BCUT2D eigenvalue weighted by Gasteiger charge is 2.23. The highest BCUT2D eigenvalue weighted by molar-refractivity contribution is 6.43. The van der Waals surface area contributed by atoms with Gasteiger partial charge in [-0.1, -0.05) is 204 Å². The lowest BCUT2D eigenvalue weighted by molar-refractivity contribution is 0.683. The first-order valence-electron chi connectivity index (χ1n) is 46.1. The Morgan fingerprint density at radius 1 is 0.187 bits per heavy atom.